The molecule has 2 aromatic carbocycles. The summed E-state index contributed by atoms with van der Waals surface area (Å²) >= 11 is 0. The Labute approximate surface area is 201 Å². The summed E-state index contributed by atoms with van der Waals surface area (Å²) in [4.78, 5) is 28.6. The summed E-state index contributed by atoms with van der Waals surface area (Å²) in [7, 11) is 0. The quantitative estimate of drug-likeness (QED) is 0.679. The molecular weight excluding hydrogens is 429 g/mol. The largest absolute Gasteiger partial charge is 0.371 e. The molecule has 1 atom stereocenters. The SMILES string of the molecule is Cc1ccc(N2CCC(N3CCC(c4ccc(C5CCC(=O)NC5=O)cc4F)CC3)CC2)cc1. The molecule has 1 unspecified atom stereocenters. The number of halogens is 1. The molecule has 1 N–H and O–H groups in total. The van der Waals surface area contributed by atoms with Crippen LogP contribution in [0.25, 0.3) is 0 Å². The summed E-state index contributed by atoms with van der Waals surface area (Å²) in [5, 5.41) is 2.37. The Kier molecular flexibility index (Phi) is 6.68. The number of hydrogen-bond acceptors (Lipinski definition) is 4. The van der Waals surface area contributed by atoms with Crippen LogP contribution in [0.5, 0.6) is 0 Å². The Morgan fingerprint density at radius 2 is 1.59 bits per heavy atom. The van der Waals surface area contributed by atoms with E-state index in [1.807, 2.05) is 12.1 Å². The van der Waals surface area contributed by atoms with Gasteiger partial charge in [-0.3, -0.25) is 14.9 Å². The number of carbonyl (C=O) groups excluding carboxylic acids is 2. The molecule has 5 nitrogen and oxygen atoms in total. The highest BCUT2D eigenvalue weighted by Gasteiger charge is 2.31. The van der Waals surface area contributed by atoms with Crippen LogP contribution in [-0.4, -0.2) is 48.9 Å². The van der Waals surface area contributed by atoms with Crippen LogP contribution in [0.3, 0.4) is 0 Å². The minimum Gasteiger partial charge on any atom is -0.371 e. The first-order valence-corrected chi connectivity index (χ1v) is 12.7. The van der Waals surface area contributed by atoms with Gasteiger partial charge in [0.1, 0.15) is 5.82 Å². The van der Waals surface area contributed by atoms with Crippen LogP contribution >= 0.6 is 0 Å². The fourth-order valence-corrected chi connectivity index (χ4v) is 5.92. The lowest BCUT2D eigenvalue weighted by Gasteiger charge is -2.42. The average Bonchev–Trinajstić information content (AvgIpc) is 2.85. The smallest absolute Gasteiger partial charge is 0.234 e. The van der Waals surface area contributed by atoms with Crippen LogP contribution in [0, 0.1) is 12.7 Å². The van der Waals surface area contributed by atoms with Crippen LogP contribution < -0.4 is 10.2 Å². The van der Waals surface area contributed by atoms with Crippen LogP contribution in [-0.2, 0) is 9.59 Å². The van der Waals surface area contributed by atoms with Crippen molar-refractivity contribution >= 4 is 17.5 Å². The Balaban J connectivity index is 1.14. The molecule has 2 amide bonds. The van der Waals surface area contributed by atoms with Gasteiger partial charge in [-0.2, -0.15) is 0 Å². The van der Waals surface area contributed by atoms with E-state index in [2.05, 4.69) is 46.3 Å². The van der Waals surface area contributed by atoms with Gasteiger partial charge >= 0.3 is 0 Å². The van der Waals surface area contributed by atoms with Crippen LogP contribution in [0.2, 0.25) is 0 Å². The van der Waals surface area contributed by atoms with Gasteiger partial charge in [-0.25, -0.2) is 4.39 Å². The predicted molar refractivity (Wildman–Crippen MR) is 131 cm³/mol. The minimum atomic E-state index is -0.436. The monoisotopic (exact) mass is 463 g/mol. The summed E-state index contributed by atoms with van der Waals surface area (Å²) < 4.78 is 15.1. The Morgan fingerprint density at radius 1 is 0.882 bits per heavy atom. The zero-order valence-corrected chi connectivity index (χ0v) is 19.9. The van der Waals surface area contributed by atoms with Gasteiger partial charge in [0.05, 0.1) is 5.92 Å². The van der Waals surface area contributed by atoms with E-state index in [-0.39, 0.29) is 23.5 Å². The molecule has 0 spiro atoms. The molecule has 180 valence electrons. The Hall–Kier alpha value is -2.73. The molecule has 3 aliphatic heterocycles. The van der Waals surface area contributed by atoms with Crippen molar-refractivity contribution in [3.8, 4) is 0 Å². The van der Waals surface area contributed by atoms with E-state index >= 15 is 4.39 Å². The zero-order valence-electron chi connectivity index (χ0n) is 19.9. The second kappa shape index (κ2) is 9.87. The van der Waals surface area contributed by atoms with E-state index in [4.69, 9.17) is 0 Å². The van der Waals surface area contributed by atoms with E-state index in [0.29, 0.717) is 24.4 Å². The number of carbonyl (C=O) groups is 2. The third kappa shape index (κ3) is 4.88. The highest BCUT2D eigenvalue weighted by Crippen LogP contribution is 2.34. The summed E-state index contributed by atoms with van der Waals surface area (Å²) in [6.45, 7) is 6.31. The van der Waals surface area contributed by atoms with Crippen molar-refractivity contribution in [2.45, 2.75) is 63.3 Å². The van der Waals surface area contributed by atoms with Gasteiger partial charge in [-0.1, -0.05) is 29.8 Å². The maximum Gasteiger partial charge on any atom is 0.234 e. The third-order valence-electron chi connectivity index (χ3n) is 8.02. The number of nitrogens with zero attached hydrogens (tertiary/aromatic N) is 2. The van der Waals surface area contributed by atoms with Gasteiger partial charge in [-0.15, -0.1) is 0 Å². The third-order valence-corrected chi connectivity index (χ3v) is 8.02. The van der Waals surface area contributed by atoms with Crippen molar-refractivity contribution in [2.24, 2.45) is 0 Å². The summed E-state index contributed by atoms with van der Waals surface area (Å²) in [5.74, 6) is -0.989. The highest BCUT2D eigenvalue weighted by atomic mass is 19.1. The average molecular weight is 464 g/mol. The first-order chi connectivity index (χ1) is 16.5. The van der Waals surface area contributed by atoms with E-state index in [9.17, 15) is 9.59 Å². The molecule has 2 aromatic rings. The Morgan fingerprint density at radius 3 is 2.24 bits per heavy atom. The van der Waals surface area contributed by atoms with E-state index in [0.717, 1.165) is 44.6 Å². The van der Waals surface area contributed by atoms with Crippen molar-refractivity contribution in [3.63, 3.8) is 0 Å². The van der Waals surface area contributed by atoms with Crippen molar-refractivity contribution in [1.29, 1.82) is 0 Å². The maximum atomic E-state index is 15.1. The van der Waals surface area contributed by atoms with Gasteiger partial charge in [0.15, 0.2) is 0 Å². The number of anilines is 1. The number of piperidine rings is 3. The molecular formula is C28H34FN3O2. The summed E-state index contributed by atoms with van der Waals surface area (Å²) in [5.41, 5.74) is 4.05. The van der Waals surface area contributed by atoms with Gasteiger partial charge in [0.25, 0.3) is 0 Å². The molecule has 6 heteroatoms. The number of amides is 2. The van der Waals surface area contributed by atoms with Crippen molar-refractivity contribution in [1.82, 2.24) is 10.2 Å². The molecule has 5 rings (SSSR count). The lowest BCUT2D eigenvalue weighted by atomic mass is 9.85. The second-order valence-corrected chi connectivity index (χ2v) is 10.1. The number of rotatable bonds is 4. The summed E-state index contributed by atoms with van der Waals surface area (Å²) in [6, 6.07) is 14.7. The molecule has 3 fully saturated rings. The van der Waals surface area contributed by atoms with E-state index in [1.165, 1.54) is 30.2 Å². The molecule has 34 heavy (non-hydrogen) atoms. The maximum absolute atomic E-state index is 15.1. The van der Waals surface area contributed by atoms with Gasteiger partial charge in [-0.05, 0) is 87.4 Å². The standard InChI is InChI=1S/C28H34FN3O2/c1-19-2-5-22(6-3-19)32-16-12-23(13-17-32)31-14-10-20(11-15-31)24-7-4-21(18-26(24)29)25-8-9-27(33)30-28(25)34/h2-7,18,20,23,25H,8-17H2,1H3,(H,30,33,34). The van der Waals surface area contributed by atoms with Crippen molar-refractivity contribution < 1.29 is 14.0 Å². The number of likely N-dealkylation sites (tertiary alicyclic amines) is 1. The molecule has 0 radical (unpaired) electrons. The first-order valence-electron chi connectivity index (χ1n) is 12.7. The van der Waals surface area contributed by atoms with E-state index in [1.54, 1.807) is 0 Å². The number of nitrogens with one attached hydrogen (secondary N) is 1. The van der Waals surface area contributed by atoms with Gasteiger partial charge < -0.3 is 9.80 Å². The van der Waals surface area contributed by atoms with E-state index < -0.39 is 5.92 Å². The van der Waals surface area contributed by atoms with Gasteiger partial charge in [0.2, 0.25) is 11.8 Å². The fourth-order valence-electron chi connectivity index (χ4n) is 5.92. The van der Waals surface area contributed by atoms with Gasteiger partial charge in [0, 0.05) is 31.2 Å². The number of benzene rings is 2. The molecule has 3 saturated heterocycles. The minimum absolute atomic E-state index is 0.216. The number of hydrogen-bond donors (Lipinski definition) is 1. The van der Waals surface area contributed by atoms with Crippen LogP contribution in [0.1, 0.15) is 67.1 Å². The molecule has 0 saturated carbocycles. The lowest BCUT2D eigenvalue weighted by Crippen LogP contribution is -2.47. The molecule has 0 aliphatic carbocycles. The highest BCUT2D eigenvalue weighted by molar-refractivity contribution is 6.00. The normalized spacial score (nSPS) is 23.2. The zero-order chi connectivity index (χ0) is 23.7. The second-order valence-electron chi connectivity index (χ2n) is 10.1. The fraction of sp³-hybridized carbons (Fsp3) is 0.500. The molecule has 3 heterocycles. The number of aryl methyl sites for hydroxylation is 1. The van der Waals surface area contributed by atoms with Crippen molar-refractivity contribution in [3.05, 3.63) is 65.0 Å². The molecule has 0 aromatic heterocycles. The first kappa shape index (κ1) is 23.0. The lowest BCUT2D eigenvalue weighted by molar-refractivity contribution is -0.134. The topological polar surface area (TPSA) is 52.6 Å². The van der Waals surface area contributed by atoms with Crippen molar-refractivity contribution in [2.75, 3.05) is 31.1 Å². The molecule has 3 aliphatic rings. The number of imide groups is 1. The predicted octanol–water partition coefficient (Wildman–Crippen LogP) is 4.50. The molecule has 0 bridgehead atoms. The Bertz CT molecular complexity index is 1040. The summed E-state index contributed by atoms with van der Waals surface area (Å²) in [6.07, 6.45) is 5.04. The van der Waals surface area contributed by atoms with Crippen LogP contribution in [0.4, 0.5) is 10.1 Å². The van der Waals surface area contributed by atoms with Crippen LogP contribution in [0.15, 0.2) is 42.5 Å².